The molecule has 3 aromatic rings. The summed E-state index contributed by atoms with van der Waals surface area (Å²) in [6.45, 7) is 0. The van der Waals surface area contributed by atoms with Gasteiger partial charge in [0.15, 0.2) is 0 Å². The average molecular weight is 461 g/mol. The largest absolute Gasteiger partial charge is 0.507 e. The van der Waals surface area contributed by atoms with Crippen LogP contribution in [-0.4, -0.2) is 31.8 Å². The number of carbonyl (C=O) groups is 2. The molecule has 2 aliphatic rings. The lowest BCUT2D eigenvalue weighted by molar-refractivity contribution is -0.112. The summed E-state index contributed by atoms with van der Waals surface area (Å²) >= 11 is 0. The molecule has 0 radical (unpaired) electrons. The number of carbonyl (C=O) groups excluding carboxylic acids is 2. The molecule has 1 aliphatic carbocycles. The van der Waals surface area contributed by atoms with Crippen molar-refractivity contribution in [1.82, 2.24) is 9.13 Å². The second-order valence-electron chi connectivity index (χ2n) is 8.47. The second-order valence-corrected chi connectivity index (χ2v) is 8.47. The van der Waals surface area contributed by atoms with Gasteiger partial charge in [0.25, 0.3) is 5.56 Å². The maximum atomic E-state index is 13.6. The molecule has 5 rings (SSSR count). The van der Waals surface area contributed by atoms with Crippen molar-refractivity contribution in [3.8, 4) is 0 Å². The zero-order valence-corrected chi connectivity index (χ0v) is 18.3. The number of halogens is 1. The Morgan fingerprint density at radius 3 is 2.24 bits per heavy atom. The topological polar surface area (TPSA) is 110 Å². The Hall–Kier alpha value is -4.27. The molecule has 2 unspecified atom stereocenters. The molecule has 8 nitrogen and oxygen atoms in total. The Bertz CT molecular complexity index is 1530. The summed E-state index contributed by atoms with van der Waals surface area (Å²) in [7, 11) is 2.85. The summed E-state index contributed by atoms with van der Waals surface area (Å²) in [5.74, 6) is -2.83. The van der Waals surface area contributed by atoms with Gasteiger partial charge in [-0.3, -0.25) is 23.5 Å². The molecule has 2 N–H and O–H groups in total. The number of rotatable bonds is 2. The van der Waals surface area contributed by atoms with Gasteiger partial charge >= 0.3 is 5.69 Å². The van der Waals surface area contributed by atoms with Gasteiger partial charge in [0.2, 0.25) is 11.6 Å². The number of aromatic nitrogens is 2. The molecular formula is C25H20FN3O5. The molecule has 0 saturated heterocycles. The molecular weight excluding hydrogens is 441 g/mol. The number of fused-ring (bicyclic) bond motifs is 2. The Morgan fingerprint density at radius 2 is 1.56 bits per heavy atom. The van der Waals surface area contributed by atoms with Gasteiger partial charge in [-0.15, -0.1) is 0 Å². The van der Waals surface area contributed by atoms with Gasteiger partial charge in [0.1, 0.15) is 17.4 Å². The maximum absolute atomic E-state index is 13.6. The quantitative estimate of drug-likeness (QED) is 0.567. The van der Waals surface area contributed by atoms with E-state index in [9.17, 15) is 28.7 Å². The van der Waals surface area contributed by atoms with Gasteiger partial charge in [-0.05, 0) is 24.1 Å². The number of nitrogens with zero attached hydrogens (tertiary/aromatic N) is 2. The molecule has 1 aliphatic heterocycles. The van der Waals surface area contributed by atoms with E-state index in [2.05, 4.69) is 5.32 Å². The fraction of sp³-hybridized carbons (Fsp3) is 0.200. The first-order valence-electron chi connectivity index (χ1n) is 10.6. The van der Waals surface area contributed by atoms with Crippen molar-refractivity contribution in [3.63, 3.8) is 0 Å². The second kappa shape index (κ2) is 7.65. The first kappa shape index (κ1) is 21.6. The number of aliphatic hydroxyl groups is 1. The van der Waals surface area contributed by atoms with E-state index < -0.39 is 40.6 Å². The molecule has 0 spiro atoms. The van der Waals surface area contributed by atoms with Crippen molar-refractivity contribution in [3.05, 3.63) is 103 Å². The Balaban J connectivity index is 1.74. The molecule has 0 saturated carbocycles. The molecule has 0 bridgehead atoms. The number of ketones is 2. The van der Waals surface area contributed by atoms with Crippen LogP contribution in [0.3, 0.4) is 0 Å². The van der Waals surface area contributed by atoms with E-state index in [1.807, 2.05) is 0 Å². The van der Waals surface area contributed by atoms with Crippen LogP contribution in [0.15, 0.2) is 63.7 Å². The highest BCUT2D eigenvalue weighted by molar-refractivity contribution is 6.52. The van der Waals surface area contributed by atoms with Crippen molar-refractivity contribution in [2.24, 2.45) is 14.1 Å². The van der Waals surface area contributed by atoms with Gasteiger partial charge in [-0.2, -0.15) is 0 Å². The van der Waals surface area contributed by atoms with Gasteiger partial charge < -0.3 is 10.4 Å². The van der Waals surface area contributed by atoms with E-state index in [0.717, 1.165) is 4.57 Å². The highest BCUT2D eigenvalue weighted by atomic mass is 19.1. The first-order valence-corrected chi connectivity index (χ1v) is 10.6. The van der Waals surface area contributed by atoms with E-state index in [1.165, 1.54) is 49.0 Å². The highest BCUT2D eigenvalue weighted by Crippen LogP contribution is 2.41. The van der Waals surface area contributed by atoms with Gasteiger partial charge in [0, 0.05) is 31.1 Å². The molecule has 1 aromatic heterocycles. The Kier molecular flexibility index (Phi) is 4.85. The molecule has 2 heterocycles. The van der Waals surface area contributed by atoms with Crippen molar-refractivity contribution in [2.75, 3.05) is 5.32 Å². The first-order chi connectivity index (χ1) is 16.2. The van der Waals surface area contributed by atoms with E-state index in [-0.39, 0.29) is 40.3 Å². The van der Waals surface area contributed by atoms with E-state index in [0.29, 0.717) is 5.56 Å². The van der Waals surface area contributed by atoms with Crippen molar-refractivity contribution < 1.29 is 19.1 Å². The monoisotopic (exact) mass is 461 g/mol. The highest BCUT2D eigenvalue weighted by Gasteiger charge is 2.42. The fourth-order valence-corrected chi connectivity index (χ4v) is 4.83. The van der Waals surface area contributed by atoms with Crippen LogP contribution in [0, 0.1) is 5.82 Å². The third-order valence-electron chi connectivity index (χ3n) is 6.58. The van der Waals surface area contributed by atoms with Crippen LogP contribution >= 0.6 is 0 Å². The zero-order valence-electron chi connectivity index (χ0n) is 18.3. The number of aliphatic hydroxyl groups excluding tert-OH is 1. The summed E-state index contributed by atoms with van der Waals surface area (Å²) in [6.07, 6.45) is 0.118. The predicted octanol–water partition coefficient (Wildman–Crippen LogP) is 2.27. The number of anilines is 1. The summed E-state index contributed by atoms with van der Waals surface area (Å²) in [5, 5.41) is 14.1. The van der Waals surface area contributed by atoms with Crippen LogP contribution in [-0.2, 0) is 18.9 Å². The summed E-state index contributed by atoms with van der Waals surface area (Å²) in [4.78, 5) is 51.6. The normalized spacial score (nSPS) is 19.5. The predicted molar refractivity (Wildman–Crippen MR) is 123 cm³/mol. The van der Waals surface area contributed by atoms with Crippen LogP contribution in [0.4, 0.5) is 10.2 Å². The van der Waals surface area contributed by atoms with E-state index >= 15 is 0 Å². The number of nitrogens with one attached hydrogen (secondary N) is 1. The number of hydrogen-bond donors (Lipinski definition) is 2. The van der Waals surface area contributed by atoms with Crippen LogP contribution in [0.25, 0.3) is 5.76 Å². The SMILES string of the molecule is Cn1c2c(c(=O)n(C)c1=O)C(c1ccc(F)cc1)CC(C1=C(O)c3ccccc3C(=O)C1=O)N2. The van der Waals surface area contributed by atoms with E-state index in [4.69, 9.17) is 0 Å². The summed E-state index contributed by atoms with van der Waals surface area (Å²) in [5.41, 5.74) is 0.00150. The summed E-state index contributed by atoms with van der Waals surface area (Å²) < 4.78 is 15.9. The van der Waals surface area contributed by atoms with Crippen LogP contribution in [0.1, 0.15) is 39.4 Å². The third-order valence-corrected chi connectivity index (χ3v) is 6.58. The molecule has 34 heavy (non-hydrogen) atoms. The van der Waals surface area contributed by atoms with Crippen LogP contribution in [0.5, 0.6) is 0 Å². The summed E-state index contributed by atoms with van der Waals surface area (Å²) in [6, 6.07) is 11.0. The van der Waals surface area contributed by atoms with Gasteiger partial charge in [0.05, 0.1) is 17.2 Å². The number of Topliss-reactive ketones (excluding diaryl/α,β-unsaturated/α-hetero) is 2. The minimum absolute atomic E-state index is 0.112. The number of hydrogen-bond acceptors (Lipinski definition) is 6. The molecule has 9 heteroatoms. The zero-order chi connectivity index (χ0) is 24.3. The Morgan fingerprint density at radius 1 is 0.912 bits per heavy atom. The molecule has 0 fully saturated rings. The van der Waals surface area contributed by atoms with Crippen molar-refractivity contribution in [2.45, 2.75) is 18.4 Å². The maximum Gasteiger partial charge on any atom is 0.332 e. The lowest BCUT2D eigenvalue weighted by Crippen LogP contribution is -2.46. The fourth-order valence-electron chi connectivity index (χ4n) is 4.83. The molecule has 172 valence electrons. The van der Waals surface area contributed by atoms with Gasteiger partial charge in [-0.1, -0.05) is 36.4 Å². The minimum atomic E-state index is -0.884. The minimum Gasteiger partial charge on any atom is -0.507 e. The molecule has 0 amide bonds. The molecule has 2 atom stereocenters. The lowest BCUT2D eigenvalue weighted by Gasteiger charge is -2.35. The van der Waals surface area contributed by atoms with Crippen LogP contribution < -0.4 is 16.6 Å². The smallest absolute Gasteiger partial charge is 0.332 e. The van der Waals surface area contributed by atoms with Gasteiger partial charge in [-0.25, -0.2) is 9.18 Å². The number of benzene rings is 2. The third kappa shape index (κ3) is 3.04. The van der Waals surface area contributed by atoms with Crippen molar-refractivity contribution >= 4 is 23.1 Å². The van der Waals surface area contributed by atoms with Crippen molar-refractivity contribution in [1.29, 1.82) is 0 Å². The van der Waals surface area contributed by atoms with E-state index in [1.54, 1.807) is 18.2 Å². The molecule has 2 aromatic carbocycles. The van der Waals surface area contributed by atoms with Crippen LogP contribution in [0.2, 0.25) is 0 Å². The Labute approximate surface area is 192 Å². The average Bonchev–Trinajstić information content (AvgIpc) is 2.85. The lowest BCUT2D eigenvalue weighted by atomic mass is 9.77. The standard InChI is InChI=1S/C25H20FN3O5/c1-28-23-18(24(33)29(2)25(28)34)16(12-7-9-13(26)10-8-12)11-17(27-23)19-20(30)14-5-3-4-6-15(14)21(31)22(19)32/h3-10,16-17,27,30H,11H2,1-2H3.